The summed E-state index contributed by atoms with van der Waals surface area (Å²) in [6.07, 6.45) is 1.85. The highest BCUT2D eigenvalue weighted by Crippen LogP contribution is 2.17. The highest BCUT2D eigenvalue weighted by molar-refractivity contribution is 9.10. The minimum atomic E-state index is -0.170. The van der Waals surface area contributed by atoms with Crippen LogP contribution in [0.2, 0.25) is 0 Å². The van der Waals surface area contributed by atoms with Crippen molar-refractivity contribution in [2.24, 2.45) is 0 Å². The molecule has 1 amide bonds. The monoisotopic (exact) mass is 307 g/mol. The van der Waals surface area contributed by atoms with E-state index in [0.717, 1.165) is 4.47 Å². The van der Waals surface area contributed by atoms with E-state index in [1.54, 1.807) is 16.8 Å². The second kappa shape index (κ2) is 5.35. The van der Waals surface area contributed by atoms with E-state index in [2.05, 4.69) is 26.3 Å². The molecule has 1 aromatic carbocycles. The number of nitrogens with one attached hydrogen (secondary N) is 1. The van der Waals surface area contributed by atoms with Gasteiger partial charge in [0.05, 0.1) is 5.56 Å². The maximum absolute atomic E-state index is 12.0. The van der Waals surface area contributed by atoms with Crippen LogP contribution in [0, 0.1) is 0 Å². The van der Waals surface area contributed by atoms with Gasteiger partial charge in [0.1, 0.15) is 0 Å². The predicted octanol–water partition coefficient (Wildman–Crippen LogP) is 3.48. The first-order chi connectivity index (χ1) is 8.58. The molecule has 1 N–H and O–H groups in total. The summed E-state index contributed by atoms with van der Waals surface area (Å²) in [6, 6.07) is 9.36. The largest absolute Gasteiger partial charge is 0.305 e. The Balaban J connectivity index is 2.14. The van der Waals surface area contributed by atoms with Crippen LogP contribution >= 0.6 is 15.9 Å². The van der Waals surface area contributed by atoms with Gasteiger partial charge in [0.2, 0.25) is 0 Å². The van der Waals surface area contributed by atoms with Crippen molar-refractivity contribution in [3.8, 4) is 0 Å². The Labute approximate surface area is 114 Å². The maximum atomic E-state index is 12.0. The molecule has 18 heavy (non-hydrogen) atoms. The summed E-state index contributed by atoms with van der Waals surface area (Å²) in [7, 11) is 0. The van der Waals surface area contributed by atoms with Crippen LogP contribution in [0.5, 0.6) is 0 Å². The highest BCUT2D eigenvalue weighted by atomic mass is 79.9. The highest BCUT2D eigenvalue weighted by Gasteiger charge is 2.11. The molecule has 2 rings (SSSR count). The average molecular weight is 308 g/mol. The predicted molar refractivity (Wildman–Crippen MR) is 74.7 cm³/mol. The van der Waals surface area contributed by atoms with Crippen LogP contribution in [0.25, 0.3) is 0 Å². The topological polar surface area (TPSA) is 46.9 Å². The molecule has 1 heterocycles. The number of benzene rings is 1. The molecule has 0 aliphatic carbocycles. The molecule has 2 aromatic rings. The summed E-state index contributed by atoms with van der Waals surface area (Å²) < 4.78 is 2.57. The van der Waals surface area contributed by atoms with Gasteiger partial charge in [0.15, 0.2) is 5.82 Å². The van der Waals surface area contributed by atoms with Gasteiger partial charge in [-0.25, -0.2) is 0 Å². The van der Waals surface area contributed by atoms with Crippen molar-refractivity contribution in [2.45, 2.75) is 19.9 Å². The van der Waals surface area contributed by atoms with Crippen LogP contribution in [0.3, 0.4) is 0 Å². The van der Waals surface area contributed by atoms with Crippen molar-refractivity contribution < 1.29 is 4.79 Å². The van der Waals surface area contributed by atoms with Crippen LogP contribution in [-0.4, -0.2) is 15.7 Å². The van der Waals surface area contributed by atoms with Crippen LogP contribution < -0.4 is 5.32 Å². The summed E-state index contributed by atoms with van der Waals surface area (Å²) in [5.41, 5.74) is 0.594. The van der Waals surface area contributed by atoms with Crippen molar-refractivity contribution >= 4 is 27.7 Å². The molecule has 0 saturated heterocycles. The van der Waals surface area contributed by atoms with Gasteiger partial charge in [-0.2, -0.15) is 5.10 Å². The van der Waals surface area contributed by atoms with Crippen molar-refractivity contribution in [3.05, 3.63) is 46.6 Å². The molecule has 0 spiro atoms. The standard InChI is InChI=1S/C13H14BrN3O/c1-9(2)17-8-7-12(16-17)15-13(18)10-5-3-4-6-11(10)14/h3-9H,1-2H3,(H,15,16,18). The third kappa shape index (κ3) is 2.79. The van der Waals surface area contributed by atoms with Crippen molar-refractivity contribution in [1.82, 2.24) is 9.78 Å². The first-order valence-electron chi connectivity index (χ1n) is 5.69. The summed E-state index contributed by atoms with van der Waals surface area (Å²) in [5.74, 6) is 0.390. The third-order valence-corrected chi connectivity index (χ3v) is 3.19. The zero-order valence-electron chi connectivity index (χ0n) is 10.2. The molecule has 5 heteroatoms. The van der Waals surface area contributed by atoms with E-state index in [0.29, 0.717) is 11.4 Å². The lowest BCUT2D eigenvalue weighted by atomic mass is 10.2. The molecule has 0 aliphatic heterocycles. The summed E-state index contributed by atoms with van der Waals surface area (Å²) in [5, 5.41) is 7.05. The number of nitrogens with zero attached hydrogens (tertiary/aromatic N) is 2. The lowest BCUT2D eigenvalue weighted by Gasteiger charge is -2.05. The Morgan fingerprint density at radius 3 is 2.67 bits per heavy atom. The minimum absolute atomic E-state index is 0.170. The first-order valence-corrected chi connectivity index (χ1v) is 6.48. The minimum Gasteiger partial charge on any atom is -0.305 e. The molecular weight excluding hydrogens is 294 g/mol. The quantitative estimate of drug-likeness (QED) is 0.943. The Bertz CT molecular complexity index is 563. The Kier molecular flexibility index (Phi) is 3.81. The van der Waals surface area contributed by atoms with Gasteiger partial charge in [0.25, 0.3) is 5.91 Å². The van der Waals surface area contributed by atoms with Crippen molar-refractivity contribution in [3.63, 3.8) is 0 Å². The molecule has 94 valence electrons. The van der Waals surface area contributed by atoms with Gasteiger partial charge >= 0.3 is 0 Å². The van der Waals surface area contributed by atoms with Crippen LogP contribution in [0.15, 0.2) is 41.0 Å². The summed E-state index contributed by atoms with van der Waals surface area (Å²) in [6.45, 7) is 4.07. The van der Waals surface area contributed by atoms with Gasteiger partial charge in [0, 0.05) is 22.8 Å². The third-order valence-electron chi connectivity index (χ3n) is 2.50. The molecule has 4 nitrogen and oxygen atoms in total. The fraction of sp³-hybridized carbons (Fsp3) is 0.231. The van der Waals surface area contributed by atoms with Crippen LogP contribution in [-0.2, 0) is 0 Å². The molecule has 0 fully saturated rings. The molecular formula is C13H14BrN3O. The molecule has 0 bridgehead atoms. The Hall–Kier alpha value is -1.62. The molecule has 0 atom stereocenters. The number of hydrogen-bond donors (Lipinski definition) is 1. The zero-order chi connectivity index (χ0) is 13.1. The van der Waals surface area contributed by atoms with Crippen LogP contribution in [0.4, 0.5) is 5.82 Å². The summed E-state index contributed by atoms with van der Waals surface area (Å²) in [4.78, 5) is 12.0. The normalized spacial score (nSPS) is 10.7. The number of halogens is 1. The van der Waals surface area contributed by atoms with E-state index in [1.807, 2.05) is 38.2 Å². The number of carbonyl (C=O) groups is 1. The van der Waals surface area contributed by atoms with Gasteiger partial charge < -0.3 is 5.32 Å². The molecule has 0 unspecified atom stereocenters. The van der Waals surface area contributed by atoms with E-state index < -0.39 is 0 Å². The number of carbonyl (C=O) groups excluding carboxylic acids is 1. The molecule has 0 aliphatic rings. The molecule has 1 aromatic heterocycles. The van der Waals surface area contributed by atoms with E-state index in [-0.39, 0.29) is 11.9 Å². The maximum Gasteiger partial charge on any atom is 0.258 e. The summed E-state index contributed by atoms with van der Waals surface area (Å²) >= 11 is 3.35. The molecule has 0 saturated carbocycles. The smallest absolute Gasteiger partial charge is 0.258 e. The number of aromatic nitrogens is 2. The van der Waals surface area contributed by atoms with Gasteiger partial charge in [-0.15, -0.1) is 0 Å². The number of hydrogen-bond acceptors (Lipinski definition) is 2. The molecule has 0 radical (unpaired) electrons. The SMILES string of the molecule is CC(C)n1ccc(NC(=O)c2ccccc2Br)n1. The number of anilines is 1. The first kappa shape index (κ1) is 12.8. The van der Waals surface area contributed by atoms with Crippen molar-refractivity contribution in [2.75, 3.05) is 5.32 Å². The average Bonchev–Trinajstić information content (AvgIpc) is 2.78. The Morgan fingerprint density at radius 2 is 2.06 bits per heavy atom. The number of amides is 1. The fourth-order valence-corrected chi connectivity index (χ4v) is 1.99. The second-order valence-corrected chi connectivity index (χ2v) is 5.06. The fourth-order valence-electron chi connectivity index (χ4n) is 1.52. The van der Waals surface area contributed by atoms with E-state index in [4.69, 9.17) is 0 Å². The van der Waals surface area contributed by atoms with Crippen LogP contribution in [0.1, 0.15) is 30.2 Å². The Morgan fingerprint density at radius 1 is 1.33 bits per heavy atom. The second-order valence-electron chi connectivity index (χ2n) is 4.21. The zero-order valence-corrected chi connectivity index (χ0v) is 11.8. The lowest BCUT2D eigenvalue weighted by Crippen LogP contribution is -2.13. The van der Waals surface area contributed by atoms with Gasteiger partial charge in [-0.05, 0) is 41.9 Å². The number of rotatable bonds is 3. The van der Waals surface area contributed by atoms with E-state index >= 15 is 0 Å². The van der Waals surface area contributed by atoms with Gasteiger partial charge in [-0.3, -0.25) is 9.48 Å². The lowest BCUT2D eigenvalue weighted by molar-refractivity contribution is 0.102. The van der Waals surface area contributed by atoms with E-state index in [1.165, 1.54) is 0 Å². The van der Waals surface area contributed by atoms with Crippen molar-refractivity contribution in [1.29, 1.82) is 0 Å². The van der Waals surface area contributed by atoms with E-state index in [9.17, 15) is 4.79 Å². The van der Waals surface area contributed by atoms with Gasteiger partial charge in [-0.1, -0.05) is 12.1 Å².